The SMILES string of the molecule is COC(=O)c1ccc(-c2cc(C(N)=O)c3c(c2)-c2ccc(C(=O)N4CCOCC4)cc2C3)cc1. The van der Waals surface area contributed by atoms with Crippen molar-refractivity contribution in [2.45, 2.75) is 6.42 Å². The quantitative estimate of drug-likeness (QED) is 0.475. The van der Waals surface area contributed by atoms with Crippen molar-refractivity contribution in [2.24, 2.45) is 5.73 Å². The molecule has 2 N–H and O–H groups in total. The number of nitrogens with zero attached hydrogens (tertiary/aromatic N) is 1. The van der Waals surface area contributed by atoms with Crippen LogP contribution in [-0.4, -0.2) is 56.1 Å². The van der Waals surface area contributed by atoms with E-state index in [1.165, 1.54) is 7.11 Å². The van der Waals surface area contributed by atoms with E-state index in [0.29, 0.717) is 49.4 Å². The number of carbonyl (C=O) groups excluding carboxylic acids is 3. The van der Waals surface area contributed by atoms with E-state index in [-0.39, 0.29) is 5.91 Å². The Morgan fingerprint density at radius 1 is 0.882 bits per heavy atom. The van der Waals surface area contributed by atoms with Crippen LogP contribution in [0.25, 0.3) is 22.3 Å². The summed E-state index contributed by atoms with van der Waals surface area (Å²) in [5, 5.41) is 0. The summed E-state index contributed by atoms with van der Waals surface area (Å²) in [5.74, 6) is -0.917. The van der Waals surface area contributed by atoms with Crippen LogP contribution < -0.4 is 5.73 Å². The number of esters is 1. The van der Waals surface area contributed by atoms with Crippen LogP contribution in [0.15, 0.2) is 54.6 Å². The van der Waals surface area contributed by atoms with Crippen molar-refractivity contribution in [3.8, 4) is 22.3 Å². The Hall–Kier alpha value is -3.97. The number of rotatable bonds is 4. The number of methoxy groups -OCH3 is 1. The van der Waals surface area contributed by atoms with Crippen LogP contribution >= 0.6 is 0 Å². The fourth-order valence-electron chi connectivity index (χ4n) is 4.68. The molecule has 1 heterocycles. The molecule has 0 radical (unpaired) electrons. The highest BCUT2D eigenvalue weighted by molar-refractivity contribution is 6.01. The molecule has 3 aromatic rings. The van der Waals surface area contributed by atoms with E-state index in [1.54, 1.807) is 23.1 Å². The van der Waals surface area contributed by atoms with Gasteiger partial charge in [0.25, 0.3) is 5.91 Å². The standard InChI is InChI=1S/C27H24N2O5/c1-33-27(32)17-4-2-16(3-5-17)19-13-22-21-7-6-18(26(31)29-8-10-34-11-9-29)12-20(21)15-23(22)24(14-19)25(28)30/h2-7,12-14H,8-11,15H2,1H3,(H2,28,30). The molecule has 1 aliphatic carbocycles. The van der Waals surface area contributed by atoms with E-state index in [9.17, 15) is 14.4 Å². The molecule has 1 aliphatic heterocycles. The fraction of sp³-hybridized carbons (Fsp3) is 0.222. The second-order valence-corrected chi connectivity index (χ2v) is 8.44. The monoisotopic (exact) mass is 456 g/mol. The molecular formula is C27H24N2O5. The predicted molar refractivity (Wildman–Crippen MR) is 127 cm³/mol. The lowest BCUT2D eigenvalue weighted by atomic mass is 9.93. The van der Waals surface area contributed by atoms with Crippen molar-refractivity contribution in [3.05, 3.63) is 82.4 Å². The van der Waals surface area contributed by atoms with Crippen LogP contribution in [0.5, 0.6) is 0 Å². The number of primary amides is 1. The first-order chi connectivity index (χ1) is 16.5. The minimum atomic E-state index is -0.498. The molecule has 0 bridgehead atoms. The van der Waals surface area contributed by atoms with Gasteiger partial charge in [-0.1, -0.05) is 18.2 Å². The number of nitrogens with two attached hydrogens (primary N) is 1. The maximum Gasteiger partial charge on any atom is 0.337 e. The summed E-state index contributed by atoms with van der Waals surface area (Å²) in [7, 11) is 1.34. The molecule has 2 amide bonds. The van der Waals surface area contributed by atoms with Gasteiger partial charge >= 0.3 is 5.97 Å². The molecule has 0 aromatic heterocycles. The molecule has 0 spiro atoms. The average molecular weight is 456 g/mol. The third-order valence-corrected chi connectivity index (χ3v) is 6.46. The molecule has 172 valence electrons. The smallest absolute Gasteiger partial charge is 0.337 e. The summed E-state index contributed by atoms with van der Waals surface area (Å²) in [4.78, 5) is 38.9. The van der Waals surface area contributed by atoms with Crippen LogP contribution in [0.2, 0.25) is 0 Å². The topological polar surface area (TPSA) is 98.9 Å². The van der Waals surface area contributed by atoms with Gasteiger partial charge in [0.05, 0.1) is 25.9 Å². The third-order valence-electron chi connectivity index (χ3n) is 6.46. The summed E-state index contributed by atoms with van der Waals surface area (Å²) >= 11 is 0. The average Bonchev–Trinajstić information content (AvgIpc) is 3.25. The molecular weight excluding hydrogens is 432 g/mol. The molecule has 7 heteroatoms. The van der Waals surface area contributed by atoms with Gasteiger partial charge in [0.2, 0.25) is 5.91 Å². The molecule has 3 aromatic carbocycles. The molecule has 0 saturated carbocycles. The zero-order valence-electron chi connectivity index (χ0n) is 18.8. The van der Waals surface area contributed by atoms with Gasteiger partial charge in [-0.15, -0.1) is 0 Å². The zero-order valence-corrected chi connectivity index (χ0v) is 18.8. The highest BCUT2D eigenvalue weighted by atomic mass is 16.5. The zero-order chi connectivity index (χ0) is 23.8. The first kappa shape index (κ1) is 21.9. The lowest BCUT2D eigenvalue weighted by Crippen LogP contribution is -2.40. The van der Waals surface area contributed by atoms with Crippen molar-refractivity contribution in [1.82, 2.24) is 4.90 Å². The lowest BCUT2D eigenvalue weighted by Gasteiger charge is -2.27. The predicted octanol–water partition coefficient (Wildman–Crippen LogP) is 3.28. The number of hydrogen-bond donors (Lipinski definition) is 1. The minimum absolute atomic E-state index is 0.0106. The summed E-state index contributed by atoms with van der Waals surface area (Å²) in [6, 6.07) is 16.5. The Morgan fingerprint density at radius 3 is 2.26 bits per heavy atom. The summed E-state index contributed by atoms with van der Waals surface area (Å²) in [5.41, 5.74) is 12.8. The van der Waals surface area contributed by atoms with E-state index in [4.69, 9.17) is 15.2 Å². The maximum atomic E-state index is 12.9. The van der Waals surface area contributed by atoms with E-state index < -0.39 is 11.9 Å². The second kappa shape index (κ2) is 8.76. The molecule has 5 rings (SSSR count). The Balaban J connectivity index is 1.52. The van der Waals surface area contributed by atoms with E-state index in [1.807, 2.05) is 36.4 Å². The minimum Gasteiger partial charge on any atom is -0.465 e. The first-order valence-electron chi connectivity index (χ1n) is 11.1. The Labute approximate surface area is 197 Å². The van der Waals surface area contributed by atoms with Crippen molar-refractivity contribution in [3.63, 3.8) is 0 Å². The van der Waals surface area contributed by atoms with E-state index in [2.05, 4.69) is 0 Å². The third kappa shape index (κ3) is 3.84. The van der Waals surface area contributed by atoms with Crippen LogP contribution in [0.4, 0.5) is 0 Å². The van der Waals surface area contributed by atoms with Gasteiger partial charge < -0.3 is 20.1 Å². The molecule has 7 nitrogen and oxygen atoms in total. The summed E-state index contributed by atoms with van der Waals surface area (Å²) < 4.78 is 10.1. The maximum absolute atomic E-state index is 12.9. The van der Waals surface area contributed by atoms with Crippen LogP contribution in [0.3, 0.4) is 0 Å². The van der Waals surface area contributed by atoms with Crippen LogP contribution in [0.1, 0.15) is 42.2 Å². The molecule has 34 heavy (non-hydrogen) atoms. The van der Waals surface area contributed by atoms with Crippen molar-refractivity contribution in [1.29, 1.82) is 0 Å². The summed E-state index contributed by atoms with van der Waals surface area (Å²) in [6.07, 6.45) is 0.536. The highest BCUT2D eigenvalue weighted by Crippen LogP contribution is 2.41. The largest absolute Gasteiger partial charge is 0.465 e. The number of carbonyl (C=O) groups is 3. The van der Waals surface area contributed by atoms with E-state index >= 15 is 0 Å². The number of benzene rings is 3. The first-order valence-corrected chi connectivity index (χ1v) is 11.1. The van der Waals surface area contributed by atoms with Crippen molar-refractivity contribution >= 4 is 17.8 Å². The van der Waals surface area contributed by atoms with Gasteiger partial charge in [-0.25, -0.2) is 4.79 Å². The second-order valence-electron chi connectivity index (χ2n) is 8.44. The Morgan fingerprint density at radius 2 is 1.59 bits per heavy atom. The normalized spacial score (nSPS) is 14.3. The molecule has 1 saturated heterocycles. The van der Waals surface area contributed by atoms with Crippen LogP contribution in [-0.2, 0) is 15.9 Å². The van der Waals surface area contributed by atoms with Gasteiger partial charge in [-0.05, 0) is 76.2 Å². The van der Waals surface area contributed by atoms with E-state index in [0.717, 1.165) is 33.4 Å². The molecule has 0 atom stereocenters. The highest BCUT2D eigenvalue weighted by Gasteiger charge is 2.27. The molecule has 1 fully saturated rings. The van der Waals surface area contributed by atoms with Gasteiger partial charge in [0, 0.05) is 24.2 Å². The lowest BCUT2D eigenvalue weighted by molar-refractivity contribution is 0.0303. The summed E-state index contributed by atoms with van der Waals surface area (Å²) in [6.45, 7) is 2.27. The number of amides is 2. The van der Waals surface area contributed by atoms with Gasteiger partial charge in [-0.3, -0.25) is 9.59 Å². The van der Waals surface area contributed by atoms with Crippen LogP contribution in [0, 0.1) is 0 Å². The number of hydrogen-bond acceptors (Lipinski definition) is 5. The number of ether oxygens (including phenoxy) is 2. The number of morpholine rings is 1. The Kier molecular flexibility index (Phi) is 5.63. The van der Waals surface area contributed by atoms with Crippen molar-refractivity contribution in [2.75, 3.05) is 33.4 Å². The molecule has 0 unspecified atom stereocenters. The molecule has 2 aliphatic rings. The van der Waals surface area contributed by atoms with Gasteiger partial charge in [-0.2, -0.15) is 0 Å². The fourth-order valence-corrected chi connectivity index (χ4v) is 4.68. The van der Waals surface area contributed by atoms with Gasteiger partial charge in [0.1, 0.15) is 0 Å². The van der Waals surface area contributed by atoms with Gasteiger partial charge in [0.15, 0.2) is 0 Å². The number of fused-ring (bicyclic) bond motifs is 3. The Bertz CT molecular complexity index is 1310. The van der Waals surface area contributed by atoms with Crippen molar-refractivity contribution < 1.29 is 23.9 Å².